The number of unbranched alkanes of at least 4 members (excludes halogenated alkanes) is 18. The van der Waals surface area contributed by atoms with E-state index in [0.717, 1.165) is 44.9 Å². The van der Waals surface area contributed by atoms with Gasteiger partial charge in [0, 0.05) is 12.8 Å². The molecule has 0 bridgehead atoms. The molecule has 0 saturated carbocycles. The maximum atomic E-state index is 12.3. The van der Waals surface area contributed by atoms with Gasteiger partial charge < -0.3 is 19.3 Å². The van der Waals surface area contributed by atoms with Crippen LogP contribution in [-0.4, -0.2) is 41.0 Å². The smallest absolute Gasteiger partial charge is 0.462 e. The highest BCUT2D eigenvalue weighted by Crippen LogP contribution is 2.35. The maximum Gasteiger partial charge on any atom is 0.469 e. The summed E-state index contributed by atoms with van der Waals surface area (Å²) >= 11 is 0. The fraction of sp³-hybridized carbons (Fsp3) is 0.829. The van der Waals surface area contributed by atoms with Crippen LogP contribution in [0.25, 0.3) is 0 Å². The topological polar surface area (TPSA) is 119 Å². The van der Waals surface area contributed by atoms with E-state index in [-0.39, 0.29) is 19.4 Å². The van der Waals surface area contributed by atoms with Crippen molar-refractivity contribution in [3.8, 4) is 0 Å². The van der Waals surface area contributed by atoms with E-state index < -0.39 is 32.5 Å². The van der Waals surface area contributed by atoms with Crippen LogP contribution in [0.15, 0.2) is 24.3 Å². The van der Waals surface area contributed by atoms with Crippen LogP contribution in [0.1, 0.15) is 168 Å². The van der Waals surface area contributed by atoms with Gasteiger partial charge in [0.15, 0.2) is 6.10 Å². The summed E-state index contributed by atoms with van der Waals surface area (Å²) in [5.41, 5.74) is 0. The average Bonchev–Trinajstić information content (AvgIpc) is 2.98. The van der Waals surface area contributed by atoms with Crippen LogP contribution in [0.4, 0.5) is 0 Å². The molecule has 2 N–H and O–H groups in total. The maximum absolute atomic E-state index is 12.3. The predicted molar refractivity (Wildman–Crippen MR) is 179 cm³/mol. The molecule has 0 heterocycles. The Bertz CT molecular complexity index is 777. The highest BCUT2D eigenvalue weighted by atomic mass is 31.2. The third-order valence-electron chi connectivity index (χ3n) is 7.47. The summed E-state index contributed by atoms with van der Waals surface area (Å²) in [6.07, 6.45) is 33.3. The fourth-order valence-corrected chi connectivity index (χ4v) is 5.17. The van der Waals surface area contributed by atoms with Crippen LogP contribution in [0, 0.1) is 0 Å². The standard InChI is InChI=1S/C35H65O8P/c1-3-5-7-9-11-13-15-16-17-18-20-22-24-26-28-30-35(37)43-33(32-42-44(38,39)40)31-41-34(36)29-27-25-23-21-19-14-12-10-8-6-4-2/h16-17,20,22,33H,3-15,18-19,21,23-32H2,1-2H3,(H2,38,39,40)/b17-16+,22-20+/t33-/m1/s1. The molecule has 0 radical (unpaired) electrons. The molecule has 1 atom stereocenters. The summed E-state index contributed by atoms with van der Waals surface area (Å²) in [5.74, 6) is -0.922. The first-order valence-corrected chi connectivity index (χ1v) is 19.2. The number of carbonyl (C=O) groups excluding carboxylic acids is 2. The number of phosphoric acid groups is 1. The quantitative estimate of drug-likeness (QED) is 0.0321. The number of carbonyl (C=O) groups is 2. The minimum absolute atomic E-state index is 0.172. The minimum Gasteiger partial charge on any atom is -0.462 e. The van der Waals surface area contributed by atoms with Gasteiger partial charge in [0.05, 0.1) is 6.61 Å². The molecule has 0 aromatic heterocycles. The monoisotopic (exact) mass is 644 g/mol. The van der Waals surface area contributed by atoms with Crippen LogP contribution in [-0.2, 0) is 28.2 Å². The van der Waals surface area contributed by atoms with Gasteiger partial charge in [-0.2, -0.15) is 0 Å². The Morgan fingerprint density at radius 1 is 0.591 bits per heavy atom. The summed E-state index contributed by atoms with van der Waals surface area (Å²) in [4.78, 5) is 42.5. The SMILES string of the molecule is CCCCCCCC/C=C/C/C=C/CCCCC(=O)O[C@H](COC(=O)CCCCCCCCCCCCC)COP(=O)(O)O. The number of rotatable bonds is 32. The van der Waals surface area contributed by atoms with Crippen molar-refractivity contribution in [1.29, 1.82) is 0 Å². The molecule has 44 heavy (non-hydrogen) atoms. The molecule has 0 amide bonds. The molecular weight excluding hydrogens is 579 g/mol. The Hall–Kier alpha value is -1.47. The molecule has 0 fully saturated rings. The normalized spacial score (nSPS) is 12.7. The van der Waals surface area contributed by atoms with E-state index in [4.69, 9.17) is 19.3 Å². The second-order valence-electron chi connectivity index (χ2n) is 11.8. The predicted octanol–water partition coefficient (Wildman–Crippen LogP) is 10.1. The van der Waals surface area contributed by atoms with Gasteiger partial charge in [-0.15, -0.1) is 0 Å². The Morgan fingerprint density at radius 2 is 1.02 bits per heavy atom. The molecule has 8 nitrogen and oxygen atoms in total. The second-order valence-corrected chi connectivity index (χ2v) is 13.1. The average molecular weight is 645 g/mol. The van der Waals surface area contributed by atoms with Gasteiger partial charge in [-0.25, -0.2) is 4.57 Å². The molecule has 0 unspecified atom stereocenters. The van der Waals surface area contributed by atoms with Crippen molar-refractivity contribution in [3.63, 3.8) is 0 Å². The van der Waals surface area contributed by atoms with Crippen LogP contribution in [0.3, 0.4) is 0 Å². The molecule has 9 heteroatoms. The molecule has 0 rings (SSSR count). The van der Waals surface area contributed by atoms with Gasteiger partial charge in [0.2, 0.25) is 0 Å². The second kappa shape index (κ2) is 31.5. The lowest BCUT2D eigenvalue weighted by molar-refractivity contribution is -0.161. The van der Waals surface area contributed by atoms with Crippen molar-refractivity contribution >= 4 is 19.8 Å². The third kappa shape index (κ3) is 33.4. The first-order valence-electron chi connectivity index (χ1n) is 17.6. The largest absolute Gasteiger partial charge is 0.469 e. The van der Waals surface area contributed by atoms with E-state index in [2.05, 4.69) is 42.7 Å². The first-order chi connectivity index (χ1) is 21.3. The van der Waals surface area contributed by atoms with E-state index >= 15 is 0 Å². The number of phosphoric ester groups is 1. The highest BCUT2D eigenvalue weighted by molar-refractivity contribution is 7.46. The number of hydrogen-bond acceptors (Lipinski definition) is 6. The van der Waals surface area contributed by atoms with Crippen molar-refractivity contribution in [1.82, 2.24) is 0 Å². The number of esters is 2. The zero-order valence-corrected chi connectivity index (χ0v) is 29.0. The van der Waals surface area contributed by atoms with E-state index in [1.165, 1.54) is 89.9 Å². The number of hydrogen-bond donors (Lipinski definition) is 2. The van der Waals surface area contributed by atoms with Gasteiger partial charge in [0.25, 0.3) is 0 Å². The van der Waals surface area contributed by atoms with E-state index in [1.54, 1.807) is 0 Å². The van der Waals surface area contributed by atoms with E-state index in [0.29, 0.717) is 6.42 Å². The zero-order valence-electron chi connectivity index (χ0n) is 28.1. The molecule has 0 aliphatic carbocycles. The summed E-state index contributed by atoms with van der Waals surface area (Å²) in [7, 11) is -4.75. The van der Waals surface area contributed by atoms with Gasteiger partial charge in [-0.3, -0.25) is 14.1 Å². The van der Waals surface area contributed by atoms with Gasteiger partial charge in [0.1, 0.15) is 6.61 Å². The van der Waals surface area contributed by atoms with Crippen molar-refractivity contribution in [2.24, 2.45) is 0 Å². The first kappa shape index (κ1) is 42.5. The number of allylic oxidation sites excluding steroid dienone is 4. The molecule has 0 saturated heterocycles. The lowest BCUT2D eigenvalue weighted by Crippen LogP contribution is -2.29. The van der Waals surface area contributed by atoms with Crippen molar-refractivity contribution in [2.45, 2.75) is 174 Å². The lowest BCUT2D eigenvalue weighted by Gasteiger charge is -2.18. The Morgan fingerprint density at radius 3 is 1.55 bits per heavy atom. The molecule has 0 aromatic rings. The number of ether oxygens (including phenoxy) is 2. The lowest BCUT2D eigenvalue weighted by atomic mass is 10.1. The summed E-state index contributed by atoms with van der Waals surface area (Å²) in [6.45, 7) is 3.62. The van der Waals surface area contributed by atoms with Gasteiger partial charge in [-0.05, 0) is 44.9 Å². The summed E-state index contributed by atoms with van der Waals surface area (Å²) < 4.78 is 26.2. The highest BCUT2D eigenvalue weighted by Gasteiger charge is 2.22. The summed E-state index contributed by atoms with van der Waals surface area (Å²) in [5, 5.41) is 0. The zero-order chi connectivity index (χ0) is 32.6. The van der Waals surface area contributed by atoms with Crippen LogP contribution in [0.2, 0.25) is 0 Å². The molecule has 258 valence electrons. The fourth-order valence-electron chi connectivity index (χ4n) is 4.81. The third-order valence-corrected chi connectivity index (χ3v) is 7.96. The van der Waals surface area contributed by atoms with Crippen LogP contribution < -0.4 is 0 Å². The Labute approximate surface area is 269 Å². The van der Waals surface area contributed by atoms with Crippen molar-refractivity contribution in [3.05, 3.63) is 24.3 Å². The van der Waals surface area contributed by atoms with Crippen LogP contribution >= 0.6 is 7.82 Å². The van der Waals surface area contributed by atoms with Crippen LogP contribution in [0.5, 0.6) is 0 Å². The molecule has 0 aliphatic heterocycles. The molecule has 0 spiro atoms. The molecular formula is C35H65O8P. The Balaban J connectivity index is 4.05. The molecule has 0 aliphatic rings. The van der Waals surface area contributed by atoms with E-state index in [9.17, 15) is 14.2 Å². The van der Waals surface area contributed by atoms with Gasteiger partial charge >= 0.3 is 19.8 Å². The van der Waals surface area contributed by atoms with E-state index in [1.807, 2.05) is 0 Å². The van der Waals surface area contributed by atoms with Gasteiger partial charge in [-0.1, -0.05) is 134 Å². The van der Waals surface area contributed by atoms with Crippen molar-refractivity contribution in [2.75, 3.05) is 13.2 Å². The summed E-state index contributed by atoms with van der Waals surface area (Å²) in [6, 6.07) is 0. The minimum atomic E-state index is -4.75. The van der Waals surface area contributed by atoms with Crippen molar-refractivity contribution < 1.29 is 37.9 Å². The Kier molecular flexibility index (Phi) is 30.5. The molecule has 0 aromatic carbocycles.